The standard InChI is InChI=1S/C27H20BrN3O8S/c1-2-38-22-12-16(11-21(28)23(22)39-14-15-6-8-18(9-7-15)31(36)37)10-20-24(32)29-27(40)30(25(20)33)19-5-3-4-17(13-19)26(34)35/h3-13H,2,14H2,1H3,(H,34,35)(H,29,32,40). The summed E-state index contributed by atoms with van der Waals surface area (Å²) in [5.41, 5.74) is 0.995. The van der Waals surface area contributed by atoms with Crippen LogP contribution in [0.1, 0.15) is 28.4 Å². The minimum absolute atomic E-state index is 0.0347. The van der Waals surface area contributed by atoms with Gasteiger partial charge in [0.2, 0.25) is 0 Å². The first-order chi connectivity index (χ1) is 19.1. The zero-order valence-corrected chi connectivity index (χ0v) is 23.2. The van der Waals surface area contributed by atoms with Crippen molar-refractivity contribution >= 4 is 68.5 Å². The summed E-state index contributed by atoms with van der Waals surface area (Å²) in [5.74, 6) is -1.94. The molecule has 1 fully saturated rings. The first-order valence-corrected chi connectivity index (χ1v) is 12.9. The Kier molecular flexibility index (Phi) is 8.55. The Balaban J connectivity index is 1.64. The van der Waals surface area contributed by atoms with Crippen LogP contribution in [0.15, 0.2) is 70.7 Å². The van der Waals surface area contributed by atoms with Crippen molar-refractivity contribution in [3.8, 4) is 11.5 Å². The molecule has 0 radical (unpaired) electrons. The van der Waals surface area contributed by atoms with E-state index in [4.69, 9.17) is 21.7 Å². The topological polar surface area (TPSA) is 148 Å². The van der Waals surface area contributed by atoms with E-state index in [2.05, 4.69) is 21.2 Å². The van der Waals surface area contributed by atoms with Crippen LogP contribution in [0.5, 0.6) is 11.5 Å². The number of nitro benzene ring substituents is 1. The smallest absolute Gasteiger partial charge is 0.335 e. The number of carboxylic acids is 1. The number of rotatable bonds is 9. The van der Waals surface area contributed by atoms with Gasteiger partial charge in [-0.3, -0.25) is 29.9 Å². The third-order valence-electron chi connectivity index (χ3n) is 5.63. The fourth-order valence-corrected chi connectivity index (χ4v) is 4.64. The summed E-state index contributed by atoms with van der Waals surface area (Å²) in [6.07, 6.45) is 1.36. The summed E-state index contributed by atoms with van der Waals surface area (Å²) in [6, 6.07) is 14.8. The number of thiocarbonyl (C=S) groups is 1. The second-order valence-electron chi connectivity index (χ2n) is 8.29. The molecule has 0 aliphatic carbocycles. The van der Waals surface area contributed by atoms with Crippen LogP contribution in [0.4, 0.5) is 11.4 Å². The molecule has 1 saturated heterocycles. The lowest BCUT2D eigenvalue weighted by Gasteiger charge is -2.29. The van der Waals surface area contributed by atoms with Crippen LogP contribution in [0.3, 0.4) is 0 Å². The summed E-state index contributed by atoms with van der Waals surface area (Å²) in [4.78, 5) is 49.0. The number of nitrogens with one attached hydrogen (secondary N) is 1. The Morgan fingerprint density at radius 2 is 1.88 bits per heavy atom. The number of nitrogens with zero attached hydrogens (tertiary/aromatic N) is 2. The predicted octanol–water partition coefficient (Wildman–Crippen LogP) is 4.86. The maximum atomic E-state index is 13.4. The molecular formula is C27H20BrN3O8S. The Bertz CT molecular complexity index is 1570. The number of amides is 2. The zero-order chi connectivity index (χ0) is 29.0. The highest BCUT2D eigenvalue weighted by molar-refractivity contribution is 9.10. The largest absolute Gasteiger partial charge is 0.490 e. The van der Waals surface area contributed by atoms with Crippen molar-refractivity contribution in [1.29, 1.82) is 0 Å². The zero-order valence-electron chi connectivity index (χ0n) is 20.8. The van der Waals surface area contributed by atoms with Gasteiger partial charge >= 0.3 is 5.97 Å². The van der Waals surface area contributed by atoms with Crippen molar-refractivity contribution in [2.75, 3.05) is 11.5 Å². The summed E-state index contributed by atoms with van der Waals surface area (Å²) in [5, 5.41) is 22.5. The number of benzene rings is 3. The van der Waals surface area contributed by atoms with Crippen LogP contribution in [0.2, 0.25) is 0 Å². The van der Waals surface area contributed by atoms with Gasteiger partial charge in [0.05, 0.1) is 27.3 Å². The molecule has 4 rings (SSSR count). The molecule has 1 heterocycles. The molecule has 11 nitrogen and oxygen atoms in total. The Hall–Kier alpha value is -4.62. The van der Waals surface area contributed by atoms with Crippen molar-refractivity contribution in [3.05, 3.63) is 97.5 Å². The molecule has 2 N–H and O–H groups in total. The van der Waals surface area contributed by atoms with E-state index >= 15 is 0 Å². The number of ether oxygens (including phenoxy) is 2. The van der Waals surface area contributed by atoms with Gasteiger partial charge in [-0.15, -0.1) is 0 Å². The molecule has 1 aliphatic heterocycles. The number of aromatic carboxylic acids is 1. The SMILES string of the molecule is CCOc1cc(C=C2C(=O)NC(=S)N(c3cccc(C(=O)O)c3)C2=O)cc(Br)c1OCc1ccc([N+](=O)[O-])cc1. The minimum atomic E-state index is -1.18. The second-order valence-corrected chi connectivity index (χ2v) is 9.53. The number of hydrogen-bond donors (Lipinski definition) is 2. The van der Waals surface area contributed by atoms with Crippen LogP contribution in [0, 0.1) is 10.1 Å². The summed E-state index contributed by atoms with van der Waals surface area (Å²) < 4.78 is 12.1. The van der Waals surface area contributed by atoms with Crippen LogP contribution < -0.4 is 19.7 Å². The fourth-order valence-electron chi connectivity index (χ4n) is 3.78. The van der Waals surface area contributed by atoms with E-state index in [-0.39, 0.29) is 34.2 Å². The summed E-state index contributed by atoms with van der Waals surface area (Å²) in [7, 11) is 0. The molecule has 204 valence electrons. The van der Waals surface area contributed by atoms with Gasteiger partial charge in [-0.25, -0.2) is 4.79 Å². The van der Waals surface area contributed by atoms with Gasteiger partial charge in [0, 0.05) is 12.1 Å². The van der Waals surface area contributed by atoms with Gasteiger partial charge in [-0.05, 0) is 94.7 Å². The maximum Gasteiger partial charge on any atom is 0.335 e. The predicted molar refractivity (Wildman–Crippen MR) is 152 cm³/mol. The van der Waals surface area contributed by atoms with Gasteiger partial charge in [0.25, 0.3) is 17.5 Å². The molecule has 0 bridgehead atoms. The van der Waals surface area contributed by atoms with Gasteiger partial charge in [-0.1, -0.05) is 6.07 Å². The third-order valence-corrected chi connectivity index (χ3v) is 6.50. The maximum absolute atomic E-state index is 13.4. The van der Waals surface area contributed by atoms with Gasteiger partial charge in [0.15, 0.2) is 16.6 Å². The van der Waals surface area contributed by atoms with Gasteiger partial charge in [-0.2, -0.15) is 0 Å². The number of carboxylic acid groups (broad SMARTS) is 1. The van der Waals surface area contributed by atoms with E-state index in [1.165, 1.54) is 42.5 Å². The van der Waals surface area contributed by atoms with Crippen molar-refractivity contribution in [3.63, 3.8) is 0 Å². The second kappa shape index (κ2) is 12.1. The fraction of sp³-hybridized carbons (Fsp3) is 0.111. The number of carbonyl (C=O) groups excluding carboxylic acids is 2. The molecule has 40 heavy (non-hydrogen) atoms. The monoisotopic (exact) mass is 625 g/mol. The molecule has 3 aromatic carbocycles. The van der Waals surface area contributed by atoms with Crippen LogP contribution in [-0.4, -0.2) is 39.5 Å². The summed E-state index contributed by atoms with van der Waals surface area (Å²) in [6.45, 7) is 2.17. The van der Waals surface area contributed by atoms with Crippen molar-refractivity contribution in [2.45, 2.75) is 13.5 Å². The average Bonchev–Trinajstić information content (AvgIpc) is 2.91. The van der Waals surface area contributed by atoms with Crippen LogP contribution in [-0.2, 0) is 16.2 Å². The van der Waals surface area contributed by atoms with E-state index in [1.807, 2.05) is 0 Å². The van der Waals surface area contributed by atoms with Crippen molar-refractivity contribution < 1.29 is 33.9 Å². The van der Waals surface area contributed by atoms with E-state index < -0.39 is 22.7 Å². The number of anilines is 1. The molecule has 0 spiro atoms. The minimum Gasteiger partial charge on any atom is -0.490 e. The molecular weight excluding hydrogens is 606 g/mol. The molecule has 0 saturated carbocycles. The van der Waals surface area contributed by atoms with Gasteiger partial charge < -0.3 is 14.6 Å². The first kappa shape index (κ1) is 28.4. The molecule has 0 aromatic heterocycles. The highest BCUT2D eigenvalue weighted by atomic mass is 79.9. The lowest BCUT2D eigenvalue weighted by atomic mass is 10.1. The molecule has 2 amide bonds. The number of halogens is 1. The van der Waals surface area contributed by atoms with Crippen molar-refractivity contribution in [2.24, 2.45) is 0 Å². The lowest BCUT2D eigenvalue weighted by Crippen LogP contribution is -2.54. The Morgan fingerprint density at radius 3 is 2.52 bits per heavy atom. The average molecular weight is 626 g/mol. The Morgan fingerprint density at radius 1 is 1.15 bits per heavy atom. The van der Waals surface area contributed by atoms with E-state index in [9.17, 15) is 29.6 Å². The lowest BCUT2D eigenvalue weighted by molar-refractivity contribution is -0.384. The molecule has 0 atom stereocenters. The van der Waals surface area contributed by atoms with E-state index in [1.54, 1.807) is 31.2 Å². The highest BCUT2D eigenvalue weighted by Gasteiger charge is 2.35. The summed E-state index contributed by atoms with van der Waals surface area (Å²) >= 11 is 8.64. The molecule has 1 aliphatic rings. The van der Waals surface area contributed by atoms with E-state index in [0.29, 0.717) is 33.7 Å². The highest BCUT2D eigenvalue weighted by Crippen LogP contribution is 2.38. The van der Waals surface area contributed by atoms with Crippen LogP contribution >= 0.6 is 28.1 Å². The molecule has 13 heteroatoms. The Labute approximate surface area is 241 Å². The third kappa shape index (κ3) is 6.16. The first-order valence-electron chi connectivity index (χ1n) is 11.7. The normalized spacial score (nSPS) is 14.2. The molecule has 3 aromatic rings. The van der Waals surface area contributed by atoms with Gasteiger partial charge in [0.1, 0.15) is 12.2 Å². The van der Waals surface area contributed by atoms with E-state index in [0.717, 1.165) is 4.90 Å². The van der Waals surface area contributed by atoms with Crippen molar-refractivity contribution in [1.82, 2.24) is 5.32 Å². The number of hydrogen-bond acceptors (Lipinski definition) is 8. The van der Waals surface area contributed by atoms with Crippen LogP contribution in [0.25, 0.3) is 6.08 Å². The quantitative estimate of drug-likeness (QED) is 0.112. The number of carbonyl (C=O) groups is 3. The number of non-ortho nitro benzene ring substituents is 1. The molecule has 0 unspecified atom stereocenters. The number of nitro groups is 1.